The van der Waals surface area contributed by atoms with E-state index in [2.05, 4.69) is 6.58 Å². The quantitative estimate of drug-likeness (QED) is 0.400. The first-order chi connectivity index (χ1) is 11.9. The Morgan fingerprint density at radius 3 is 2.52 bits per heavy atom. The first-order valence-corrected chi connectivity index (χ1v) is 9.55. The highest BCUT2D eigenvalue weighted by atomic mass is 16.7. The molecule has 3 fully saturated rings. The Bertz CT molecular complexity index is 542. The van der Waals surface area contributed by atoms with Crippen LogP contribution in [0.4, 0.5) is 0 Å². The van der Waals surface area contributed by atoms with Crippen molar-refractivity contribution in [3.05, 3.63) is 12.2 Å². The van der Waals surface area contributed by atoms with Crippen LogP contribution < -0.4 is 0 Å². The fraction of sp³-hybridized carbons (Fsp3) is 0.800. The second kappa shape index (κ2) is 7.48. The van der Waals surface area contributed by atoms with E-state index in [1.54, 1.807) is 13.8 Å². The van der Waals surface area contributed by atoms with Gasteiger partial charge in [-0.05, 0) is 76.0 Å². The Kier molecular flexibility index (Phi) is 5.52. The Balaban J connectivity index is 1.52. The highest BCUT2D eigenvalue weighted by molar-refractivity contribution is 5.86. The van der Waals surface area contributed by atoms with Crippen LogP contribution in [0.25, 0.3) is 0 Å². The van der Waals surface area contributed by atoms with E-state index in [1.165, 1.54) is 6.42 Å². The normalized spacial score (nSPS) is 36.8. The largest absolute Gasteiger partial charge is 0.462 e. The summed E-state index contributed by atoms with van der Waals surface area (Å²) in [6.07, 6.45) is 3.73. The van der Waals surface area contributed by atoms with Crippen molar-refractivity contribution in [1.29, 1.82) is 0 Å². The average molecular weight is 350 g/mol. The summed E-state index contributed by atoms with van der Waals surface area (Å²) < 4.78 is 16.1. The maximum Gasteiger partial charge on any atom is 0.333 e. The molecule has 5 heteroatoms. The molecule has 0 saturated heterocycles. The molecule has 5 nitrogen and oxygen atoms in total. The van der Waals surface area contributed by atoms with Gasteiger partial charge in [0.05, 0.1) is 12.5 Å². The summed E-state index contributed by atoms with van der Waals surface area (Å²) in [5.41, 5.74) is 0.452. The third-order valence-electron chi connectivity index (χ3n) is 6.40. The molecule has 0 aliphatic heterocycles. The molecule has 2 bridgehead atoms. The minimum Gasteiger partial charge on any atom is -0.462 e. The number of ether oxygens (including phenoxy) is 3. The van der Waals surface area contributed by atoms with Crippen molar-refractivity contribution >= 4 is 11.9 Å². The molecule has 3 aliphatic carbocycles. The lowest BCUT2D eigenvalue weighted by Gasteiger charge is -2.31. The van der Waals surface area contributed by atoms with E-state index in [9.17, 15) is 9.59 Å². The van der Waals surface area contributed by atoms with Gasteiger partial charge >= 0.3 is 11.9 Å². The fourth-order valence-electron chi connectivity index (χ4n) is 5.43. The van der Waals surface area contributed by atoms with Gasteiger partial charge in [0, 0.05) is 12.2 Å². The highest BCUT2D eigenvalue weighted by Gasteiger charge is 2.57. The first-order valence-electron chi connectivity index (χ1n) is 9.55. The van der Waals surface area contributed by atoms with E-state index in [4.69, 9.17) is 14.2 Å². The molecular formula is C20H30O5. The molecule has 0 radical (unpaired) electrons. The van der Waals surface area contributed by atoms with Crippen molar-refractivity contribution in [2.24, 2.45) is 35.5 Å². The van der Waals surface area contributed by atoms with Gasteiger partial charge in [-0.25, -0.2) is 4.79 Å². The third kappa shape index (κ3) is 3.76. The van der Waals surface area contributed by atoms with Gasteiger partial charge in [-0.15, -0.1) is 0 Å². The van der Waals surface area contributed by atoms with Crippen molar-refractivity contribution in [2.45, 2.75) is 52.7 Å². The minimum absolute atomic E-state index is 0.0000685. The van der Waals surface area contributed by atoms with Gasteiger partial charge in [0.1, 0.15) is 0 Å². The van der Waals surface area contributed by atoms with Crippen molar-refractivity contribution in [2.75, 3.05) is 13.2 Å². The molecule has 0 heterocycles. The van der Waals surface area contributed by atoms with Crippen LogP contribution in [0.5, 0.6) is 0 Å². The van der Waals surface area contributed by atoms with Crippen LogP contribution in [0.15, 0.2) is 12.2 Å². The van der Waals surface area contributed by atoms with Crippen LogP contribution in [-0.4, -0.2) is 31.4 Å². The van der Waals surface area contributed by atoms with Crippen molar-refractivity contribution < 1.29 is 23.8 Å². The number of rotatable bonds is 7. The van der Waals surface area contributed by atoms with E-state index >= 15 is 0 Å². The molecule has 25 heavy (non-hydrogen) atoms. The lowest BCUT2D eigenvalue weighted by molar-refractivity contribution is -0.178. The lowest BCUT2D eigenvalue weighted by Crippen LogP contribution is -2.28. The molecule has 7 unspecified atom stereocenters. The lowest BCUT2D eigenvalue weighted by atomic mass is 9.76. The number of fused-ring (bicyclic) bond motifs is 5. The van der Waals surface area contributed by atoms with Crippen molar-refractivity contribution in [3.63, 3.8) is 0 Å². The molecular weight excluding hydrogens is 320 g/mol. The Morgan fingerprint density at radius 2 is 1.84 bits per heavy atom. The zero-order valence-electron chi connectivity index (χ0n) is 15.5. The van der Waals surface area contributed by atoms with Gasteiger partial charge in [-0.3, -0.25) is 4.79 Å². The van der Waals surface area contributed by atoms with Gasteiger partial charge in [-0.1, -0.05) is 6.58 Å². The molecule has 7 atom stereocenters. The number of carbonyl (C=O) groups is 2. The second-order valence-corrected chi connectivity index (χ2v) is 7.99. The standard InChI is InChI=1S/C20H30O5/c1-5-23-12(4)25-20(22)14-8-16-13-6-15(10-24-19(21)11(2)3)17(7-13)18(16)9-14/h12-18H,2,5-10H2,1,3-4H3. The average Bonchev–Trinajstić information content (AvgIpc) is 3.23. The maximum atomic E-state index is 12.4. The summed E-state index contributed by atoms with van der Waals surface area (Å²) in [5, 5.41) is 0. The molecule has 3 rings (SSSR count). The van der Waals surface area contributed by atoms with Gasteiger partial charge in [0.25, 0.3) is 0 Å². The number of esters is 2. The summed E-state index contributed by atoms with van der Waals surface area (Å²) in [4.78, 5) is 24.0. The van der Waals surface area contributed by atoms with Crippen LogP contribution in [0, 0.1) is 35.5 Å². The summed E-state index contributed by atoms with van der Waals surface area (Å²) >= 11 is 0. The second-order valence-electron chi connectivity index (χ2n) is 7.99. The summed E-state index contributed by atoms with van der Waals surface area (Å²) in [6, 6.07) is 0. The van der Waals surface area contributed by atoms with Gasteiger partial charge in [-0.2, -0.15) is 0 Å². The van der Waals surface area contributed by atoms with Crippen molar-refractivity contribution in [3.8, 4) is 0 Å². The Hall–Kier alpha value is -1.36. The summed E-state index contributed by atoms with van der Waals surface area (Å²) in [6.45, 7) is 10.0. The van der Waals surface area contributed by atoms with E-state index in [0.717, 1.165) is 19.3 Å². The fourth-order valence-corrected chi connectivity index (χ4v) is 5.43. The van der Waals surface area contributed by atoms with E-state index in [1.807, 2.05) is 6.92 Å². The SMILES string of the molecule is C=C(C)C(=O)OCC1CC2CC1C1CC(C(=O)OC(C)OCC)CC21. The minimum atomic E-state index is -0.469. The molecule has 0 spiro atoms. The Labute approximate surface area is 150 Å². The van der Waals surface area contributed by atoms with Crippen LogP contribution in [0.3, 0.4) is 0 Å². The third-order valence-corrected chi connectivity index (χ3v) is 6.40. The predicted octanol–water partition coefficient (Wildman–Crippen LogP) is 3.33. The molecule has 3 aliphatic rings. The number of carbonyl (C=O) groups excluding carboxylic acids is 2. The number of hydrogen-bond donors (Lipinski definition) is 0. The summed E-state index contributed by atoms with van der Waals surface area (Å²) in [5.74, 6) is 2.50. The smallest absolute Gasteiger partial charge is 0.333 e. The number of hydrogen-bond acceptors (Lipinski definition) is 5. The zero-order chi connectivity index (χ0) is 18.1. The highest BCUT2D eigenvalue weighted by Crippen LogP contribution is 2.62. The first kappa shape index (κ1) is 18.4. The molecule has 140 valence electrons. The Morgan fingerprint density at radius 1 is 1.12 bits per heavy atom. The molecule has 3 saturated carbocycles. The topological polar surface area (TPSA) is 61.8 Å². The summed E-state index contributed by atoms with van der Waals surface area (Å²) in [7, 11) is 0. The van der Waals surface area contributed by atoms with Crippen LogP contribution in [0.2, 0.25) is 0 Å². The predicted molar refractivity (Wildman–Crippen MR) is 92.4 cm³/mol. The van der Waals surface area contributed by atoms with Crippen LogP contribution >= 0.6 is 0 Å². The molecule has 0 aromatic rings. The zero-order valence-corrected chi connectivity index (χ0v) is 15.5. The van der Waals surface area contributed by atoms with Gasteiger partial charge in [0.2, 0.25) is 0 Å². The van der Waals surface area contributed by atoms with E-state index in [-0.39, 0.29) is 17.9 Å². The van der Waals surface area contributed by atoms with E-state index in [0.29, 0.717) is 48.4 Å². The van der Waals surface area contributed by atoms with Gasteiger partial charge < -0.3 is 14.2 Å². The molecule has 0 N–H and O–H groups in total. The van der Waals surface area contributed by atoms with Crippen LogP contribution in [-0.2, 0) is 23.8 Å². The molecule has 0 aromatic heterocycles. The van der Waals surface area contributed by atoms with Crippen LogP contribution in [0.1, 0.15) is 46.5 Å². The van der Waals surface area contributed by atoms with Crippen molar-refractivity contribution in [1.82, 2.24) is 0 Å². The maximum absolute atomic E-state index is 12.4. The monoisotopic (exact) mass is 350 g/mol. The van der Waals surface area contributed by atoms with Gasteiger partial charge in [0.15, 0.2) is 6.29 Å². The molecule has 0 aromatic carbocycles. The van der Waals surface area contributed by atoms with E-state index < -0.39 is 6.29 Å². The molecule has 0 amide bonds.